The van der Waals surface area contributed by atoms with E-state index in [1.165, 1.54) is 23.4 Å². The van der Waals surface area contributed by atoms with Crippen LogP contribution < -0.4 is 0 Å². The Balaban J connectivity index is 2.24. The van der Waals surface area contributed by atoms with Gasteiger partial charge in [-0.3, -0.25) is 0 Å². The lowest BCUT2D eigenvalue weighted by Crippen LogP contribution is -2.06. The zero-order chi connectivity index (χ0) is 18.0. The smallest absolute Gasteiger partial charge is 0.123 e. The van der Waals surface area contributed by atoms with Gasteiger partial charge >= 0.3 is 0 Å². The van der Waals surface area contributed by atoms with Gasteiger partial charge in [0.15, 0.2) is 0 Å². The molecule has 1 heterocycles. The summed E-state index contributed by atoms with van der Waals surface area (Å²) in [6.45, 7) is 4.34. The van der Waals surface area contributed by atoms with Gasteiger partial charge in [-0.15, -0.1) is 0 Å². The van der Waals surface area contributed by atoms with E-state index in [9.17, 15) is 4.39 Å². The van der Waals surface area contributed by atoms with Gasteiger partial charge in [0.25, 0.3) is 0 Å². The van der Waals surface area contributed by atoms with E-state index >= 15 is 0 Å². The first-order valence-corrected chi connectivity index (χ1v) is 10.0. The summed E-state index contributed by atoms with van der Waals surface area (Å²) in [5.41, 5.74) is 5.20. The predicted molar refractivity (Wildman–Crippen MR) is 108 cm³/mol. The van der Waals surface area contributed by atoms with Crippen molar-refractivity contribution < 1.29 is 4.39 Å². The number of para-hydroxylation sites is 1. The third-order valence-electron chi connectivity index (χ3n) is 4.05. The standard InChI is InChI=1S/C20H19Br2FN2/c1-13(2)20-17(12-18(21)22)19(14-8-10-15(23)11-9-14)24-25(20)16-6-4-3-5-7-16/h3-11,13,18H,12H2,1-2H3. The molecule has 0 unspecified atom stereocenters. The highest BCUT2D eigenvalue weighted by atomic mass is 79.9. The maximum absolute atomic E-state index is 13.4. The second-order valence-electron chi connectivity index (χ2n) is 6.22. The first-order chi connectivity index (χ1) is 12.0. The maximum atomic E-state index is 13.4. The van der Waals surface area contributed by atoms with Crippen LogP contribution in [0.4, 0.5) is 4.39 Å². The SMILES string of the molecule is CC(C)c1c(CC(Br)Br)c(-c2ccc(F)cc2)nn1-c1ccccc1. The minimum atomic E-state index is -0.240. The molecule has 130 valence electrons. The summed E-state index contributed by atoms with van der Waals surface area (Å²) in [4.78, 5) is 0. The van der Waals surface area contributed by atoms with Crippen molar-refractivity contribution in [2.24, 2.45) is 0 Å². The highest BCUT2D eigenvalue weighted by Gasteiger charge is 2.23. The number of alkyl halides is 2. The van der Waals surface area contributed by atoms with E-state index in [0.717, 1.165) is 23.4 Å². The van der Waals surface area contributed by atoms with Crippen LogP contribution in [0.1, 0.15) is 31.0 Å². The molecule has 5 heteroatoms. The molecule has 0 saturated heterocycles. The molecule has 0 fully saturated rings. The molecule has 0 atom stereocenters. The predicted octanol–water partition coefficient (Wildman–Crippen LogP) is 6.46. The fourth-order valence-corrected chi connectivity index (χ4v) is 3.67. The van der Waals surface area contributed by atoms with Crippen LogP contribution >= 0.6 is 31.9 Å². The molecule has 0 amide bonds. The highest BCUT2D eigenvalue weighted by molar-refractivity contribution is 9.24. The summed E-state index contributed by atoms with van der Waals surface area (Å²) < 4.78 is 15.5. The molecule has 0 radical (unpaired) electrons. The summed E-state index contributed by atoms with van der Waals surface area (Å²) in [5, 5.41) is 4.91. The number of halogens is 3. The van der Waals surface area contributed by atoms with Crippen molar-refractivity contribution in [3.63, 3.8) is 0 Å². The number of benzene rings is 2. The van der Waals surface area contributed by atoms with Crippen LogP contribution in [0.5, 0.6) is 0 Å². The Bertz CT molecular complexity index is 840. The highest BCUT2D eigenvalue weighted by Crippen LogP contribution is 2.34. The molecule has 0 N–H and O–H groups in total. The van der Waals surface area contributed by atoms with Crippen molar-refractivity contribution in [3.8, 4) is 16.9 Å². The summed E-state index contributed by atoms with van der Waals surface area (Å²) in [7, 11) is 0. The molecule has 3 aromatic rings. The lowest BCUT2D eigenvalue weighted by molar-refractivity contribution is 0.628. The van der Waals surface area contributed by atoms with Crippen molar-refractivity contribution in [1.82, 2.24) is 9.78 Å². The van der Waals surface area contributed by atoms with Crippen molar-refractivity contribution in [2.75, 3.05) is 0 Å². The van der Waals surface area contributed by atoms with Crippen LogP contribution in [-0.4, -0.2) is 13.5 Å². The molecule has 2 aromatic carbocycles. The van der Waals surface area contributed by atoms with E-state index in [1.54, 1.807) is 12.1 Å². The lowest BCUT2D eigenvalue weighted by atomic mass is 9.98. The molecule has 0 aliphatic carbocycles. The summed E-state index contributed by atoms with van der Waals surface area (Å²) in [5.74, 6) is 0.0615. The Hall–Kier alpha value is -1.46. The van der Waals surface area contributed by atoms with Crippen LogP contribution in [0.2, 0.25) is 0 Å². The Morgan fingerprint density at radius 1 is 1.00 bits per heavy atom. The fraction of sp³-hybridized carbons (Fsp3) is 0.250. The van der Waals surface area contributed by atoms with E-state index < -0.39 is 0 Å². The third-order valence-corrected chi connectivity index (χ3v) is 4.69. The fourth-order valence-electron chi connectivity index (χ4n) is 3.02. The van der Waals surface area contributed by atoms with Crippen LogP contribution in [-0.2, 0) is 6.42 Å². The van der Waals surface area contributed by atoms with Crippen molar-refractivity contribution in [2.45, 2.75) is 29.9 Å². The maximum Gasteiger partial charge on any atom is 0.123 e. The topological polar surface area (TPSA) is 17.8 Å². The van der Waals surface area contributed by atoms with Crippen LogP contribution in [0, 0.1) is 5.82 Å². The van der Waals surface area contributed by atoms with Crippen molar-refractivity contribution in [1.29, 1.82) is 0 Å². The van der Waals surface area contributed by atoms with Crippen LogP contribution in [0.25, 0.3) is 16.9 Å². The van der Waals surface area contributed by atoms with E-state index in [-0.39, 0.29) is 9.55 Å². The first-order valence-electron chi connectivity index (χ1n) is 8.18. The molecule has 25 heavy (non-hydrogen) atoms. The van der Waals surface area contributed by atoms with Gasteiger partial charge in [-0.25, -0.2) is 9.07 Å². The number of hydrogen-bond acceptors (Lipinski definition) is 1. The Morgan fingerprint density at radius 2 is 1.64 bits per heavy atom. The molecule has 0 saturated carbocycles. The lowest BCUT2D eigenvalue weighted by Gasteiger charge is -2.13. The summed E-state index contributed by atoms with van der Waals surface area (Å²) in [6, 6.07) is 16.7. The van der Waals surface area contributed by atoms with Gasteiger partial charge in [-0.05, 0) is 48.7 Å². The molecule has 0 aliphatic rings. The van der Waals surface area contributed by atoms with Gasteiger partial charge in [0, 0.05) is 11.1 Å². The Kier molecular flexibility index (Phi) is 5.74. The summed E-state index contributed by atoms with van der Waals surface area (Å²) >= 11 is 7.20. The molecule has 1 aromatic heterocycles. The van der Waals surface area contributed by atoms with E-state index in [0.29, 0.717) is 5.92 Å². The van der Waals surface area contributed by atoms with Crippen molar-refractivity contribution >= 4 is 31.9 Å². The largest absolute Gasteiger partial charge is 0.237 e. The van der Waals surface area contributed by atoms with Crippen LogP contribution in [0.15, 0.2) is 54.6 Å². The van der Waals surface area contributed by atoms with Gasteiger partial charge in [-0.1, -0.05) is 63.9 Å². The van der Waals surface area contributed by atoms with E-state index in [2.05, 4.69) is 57.8 Å². The second-order valence-corrected chi connectivity index (χ2v) is 9.66. The Labute approximate surface area is 164 Å². The third kappa shape index (κ3) is 4.04. The minimum Gasteiger partial charge on any atom is -0.237 e. The van der Waals surface area contributed by atoms with Gasteiger partial charge in [0.1, 0.15) is 5.82 Å². The number of hydrogen-bond donors (Lipinski definition) is 0. The average molecular weight is 466 g/mol. The zero-order valence-electron chi connectivity index (χ0n) is 14.1. The number of nitrogens with zero attached hydrogens (tertiary/aromatic N) is 2. The molecule has 0 spiro atoms. The van der Waals surface area contributed by atoms with E-state index in [4.69, 9.17) is 5.10 Å². The van der Waals surface area contributed by atoms with Gasteiger partial charge in [0.05, 0.1) is 20.8 Å². The van der Waals surface area contributed by atoms with Gasteiger partial charge in [0.2, 0.25) is 0 Å². The quantitative estimate of drug-likeness (QED) is 0.395. The monoisotopic (exact) mass is 464 g/mol. The molecule has 0 bridgehead atoms. The molecule has 2 nitrogen and oxygen atoms in total. The normalized spacial score (nSPS) is 11.5. The molecular weight excluding hydrogens is 447 g/mol. The zero-order valence-corrected chi connectivity index (χ0v) is 17.3. The van der Waals surface area contributed by atoms with Crippen molar-refractivity contribution in [3.05, 3.63) is 71.7 Å². The van der Waals surface area contributed by atoms with Crippen LogP contribution in [0.3, 0.4) is 0 Å². The average Bonchev–Trinajstić information content (AvgIpc) is 2.95. The number of rotatable bonds is 5. The molecular formula is C20H19Br2FN2. The second kappa shape index (κ2) is 7.83. The van der Waals surface area contributed by atoms with Gasteiger partial charge in [-0.2, -0.15) is 5.10 Å². The minimum absolute atomic E-state index is 0.144. The molecule has 3 rings (SSSR count). The first kappa shape index (κ1) is 18.3. The summed E-state index contributed by atoms with van der Waals surface area (Å²) in [6.07, 6.45) is 0.785. The Morgan fingerprint density at radius 3 is 2.20 bits per heavy atom. The van der Waals surface area contributed by atoms with E-state index in [1.807, 2.05) is 22.9 Å². The van der Waals surface area contributed by atoms with Gasteiger partial charge < -0.3 is 0 Å². The molecule has 0 aliphatic heterocycles. The number of aromatic nitrogens is 2.